The minimum atomic E-state index is -0.259. The molecule has 0 heterocycles. The molecule has 4 heteroatoms. The summed E-state index contributed by atoms with van der Waals surface area (Å²) in [5, 5.41) is 9.43. The first kappa shape index (κ1) is 11.4. The molecule has 0 aliphatic rings. The van der Waals surface area contributed by atoms with E-state index in [0.717, 1.165) is 19.5 Å². The van der Waals surface area contributed by atoms with Crippen molar-refractivity contribution in [2.24, 2.45) is 0 Å². The zero-order valence-electron chi connectivity index (χ0n) is 8.08. The van der Waals surface area contributed by atoms with E-state index >= 15 is 0 Å². The second-order valence-electron chi connectivity index (χ2n) is 2.79. The van der Waals surface area contributed by atoms with Gasteiger partial charge in [-0.2, -0.15) is 0 Å². The molecule has 0 aromatic rings. The minimum absolute atomic E-state index is 0.259. The highest BCUT2D eigenvalue weighted by Crippen LogP contribution is 1.91. The summed E-state index contributed by atoms with van der Waals surface area (Å²) in [4.78, 5) is 13.0. The lowest BCUT2D eigenvalue weighted by molar-refractivity contribution is -0.160. The Kier molecular flexibility index (Phi) is 5.66. The van der Waals surface area contributed by atoms with Gasteiger partial charge in [-0.15, -0.1) is 0 Å². The van der Waals surface area contributed by atoms with Crippen LogP contribution in [0.4, 0.5) is 0 Å². The lowest BCUT2D eigenvalue weighted by Gasteiger charge is -2.19. The topological polar surface area (TPSA) is 43.8 Å². The van der Waals surface area contributed by atoms with E-state index in [1.165, 1.54) is 7.05 Å². The molecule has 4 nitrogen and oxygen atoms in total. The van der Waals surface area contributed by atoms with E-state index in [1.54, 1.807) is 0 Å². The number of hydrogen-bond donors (Lipinski definition) is 1. The third-order valence-corrected chi connectivity index (χ3v) is 1.71. The number of rotatable bonds is 5. The van der Waals surface area contributed by atoms with Crippen LogP contribution in [0.15, 0.2) is 0 Å². The van der Waals surface area contributed by atoms with Crippen molar-refractivity contribution in [1.82, 2.24) is 9.96 Å². The Bertz CT molecular complexity index is 137. The van der Waals surface area contributed by atoms with Crippen molar-refractivity contribution in [2.75, 3.05) is 26.7 Å². The van der Waals surface area contributed by atoms with Gasteiger partial charge in [-0.25, -0.2) is 5.06 Å². The number of carbonyl (C=O) groups is 1. The third kappa shape index (κ3) is 4.31. The van der Waals surface area contributed by atoms with Crippen molar-refractivity contribution < 1.29 is 10.0 Å². The molecule has 0 saturated carbocycles. The van der Waals surface area contributed by atoms with E-state index in [2.05, 4.69) is 6.92 Å². The number of hydroxylamine groups is 2. The Morgan fingerprint density at radius 3 is 2.33 bits per heavy atom. The maximum atomic E-state index is 11.0. The van der Waals surface area contributed by atoms with E-state index in [0.29, 0.717) is 11.6 Å². The second-order valence-corrected chi connectivity index (χ2v) is 2.79. The van der Waals surface area contributed by atoms with Gasteiger partial charge in [-0.05, 0) is 19.5 Å². The lowest BCUT2D eigenvalue weighted by Crippen LogP contribution is -2.37. The molecule has 1 amide bonds. The van der Waals surface area contributed by atoms with Crippen molar-refractivity contribution in [2.45, 2.75) is 20.3 Å². The molecule has 0 saturated heterocycles. The van der Waals surface area contributed by atoms with Gasteiger partial charge in [0.2, 0.25) is 0 Å². The van der Waals surface area contributed by atoms with Crippen molar-refractivity contribution in [1.29, 1.82) is 0 Å². The SMILES string of the molecule is CCCN(CC)CC(=O)N(C)O. The molecule has 0 aromatic heterocycles. The van der Waals surface area contributed by atoms with Gasteiger partial charge >= 0.3 is 0 Å². The maximum absolute atomic E-state index is 11.0. The van der Waals surface area contributed by atoms with Gasteiger partial charge in [0.25, 0.3) is 5.91 Å². The van der Waals surface area contributed by atoms with Crippen LogP contribution < -0.4 is 0 Å². The fourth-order valence-corrected chi connectivity index (χ4v) is 0.959. The maximum Gasteiger partial charge on any atom is 0.259 e. The first-order valence-corrected chi connectivity index (χ1v) is 4.29. The summed E-state index contributed by atoms with van der Waals surface area (Å²) in [6.07, 6.45) is 1.02. The van der Waals surface area contributed by atoms with Crippen molar-refractivity contribution in [3.05, 3.63) is 0 Å². The normalized spacial score (nSPS) is 10.4. The number of nitrogens with zero attached hydrogens (tertiary/aromatic N) is 2. The smallest absolute Gasteiger partial charge is 0.259 e. The highest BCUT2D eigenvalue weighted by molar-refractivity contribution is 5.76. The largest absolute Gasteiger partial charge is 0.295 e. The molecule has 0 aliphatic carbocycles. The zero-order valence-corrected chi connectivity index (χ0v) is 8.08. The quantitative estimate of drug-likeness (QED) is 0.489. The summed E-state index contributed by atoms with van der Waals surface area (Å²) >= 11 is 0. The Morgan fingerprint density at radius 2 is 2.00 bits per heavy atom. The van der Waals surface area contributed by atoms with E-state index < -0.39 is 0 Å². The Labute approximate surface area is 73.7 Å². The highest BCUT2D eigenvalue weighted by atomic mass is 16.5. The summed E-state index contributed by atoms with van der Waals surface area (Å²) in [5.74, 6) is -0.259. The number of hydrogen-bond acceptors (Lipinski definition) is 3. The Hall–Kier alpha value is -0.610. The molecule has 0 atom stereocenters. The first-order valence-electron chi connectivity index (χ1n) is 4.29. The van der Waals surface area contributed by atoms with Gasteiger partial charge < -0.3 is 0 Å². The summed E-state index contributed by atoms with van der Waals surface area (Å²) in [5.41, 5.74) is 0. The zero-order chi connectivity index (χ0) is 9.56. The van der Waals surface area contributed by atoms with Gasteiger partial charge in [0.05, 0.1) is 6.54 Å². The summed E-state index contributed by atoms with van der Waals surface area (Å²) < 4.78 is 0. The molecule has 0 rings (SSSR count). The summed E-state index contributed by atoms with van der Waals surface area (Å²) in [6, 6.07) is 0. The molecule has 0 aromatic carbocycles. The Morgan fingerprint density at radius 1 is 1.42 bits per heavy atom. The molecule has 72 valence electrons. The van der Waals surface area contributed by atoms with Crippen molar-refractivity contribution in [3.63, 3.8) is 0 Å². The molecular weight excluding hydrogens is 156 g/mol. The van der Waals surface area contributed by atoms with Crippen LogP contribution in [0.3, 0.4) is 0 Å². The fraction of sp³-hybridized carbons (Fsp3) is 0.875. The molecule has 0 unspecified atom stereocenters. The molecule has 0 aliphatic heterocycles. The average molecular weight is 174 g/mol. The van der Waals surface area contributed by atoms with Crippen LogP contribution in [0.1, 0.15) is 20.3 Å². The van der Waals surface area contributed by atoms with Crippen LogP contribution in [0.25, 0.3) is 0 Å². The van der Waals surface area contributed by atoms with Crippen LogP contribution in [0.5, 0.6) is 0 Å². The van der Waals surface area contributed by atoms with Gasteiger partial charge in [0.15, 0.2) is 0 Å². The van der Waals surface area contributed by atoms with Gasteiger partial charge in [0.1, 0.15) is 0 Å². The first-order chi connectivity index (χ1) is 5.61. The predicted molar refractivity (Wildman–Crippen MR) is 47.0 cm³/mol. The van der Waals surface area contributed by atoms with E-state index in [9.17, 15) is 4.79 Å². The van der Waals surface area contributed by atoms with Crippen LogP contribution in [0.2, 0.25) is 0 Å². The van der Waals surface area contributed by atoms with E-state index in [1.807, 2.05) is 11.8 Å². The van der Waals surface area contributed by atoms with Crippen LogP contribution >= 0.6 is 0 Å². The van der Waals surface area contributed by atoms with E-state index in [-0.39, 0.29) is 5.91 Å². The number of likely N-dealkylation sites (N-methyl/N-ethyl adjacent to an activating group) is 2. The average Bonchev–Trinajstić information content (AvgIpc) is 2.03. The highest BCUT2D eigenvalue weighted by Gasteiger charge is 2.10. The fourth-order valence-electron chi connectivity index (χ4n) is 0.959. The molecule has 1 N–H and O–H groups in total. The van der Waals surface area contributed by atoms with Crippen molar-refractivity contribution >= 4 is 5.91 Å². The van der Waals surface area contributed by atoms with E-state index in [4.69, 9.17) is 5.21 Å². The van der Waals surface area contributed by atoms with Crippen LogP contribution in [-0.2, 0) is 4.79 Å². The Balaban J connectivity index is 3.77. The molecule has 0 radical (unpaired) electrons. The van der Waals surface area contributed by atoms with Gasteiger partial charge in [-0.1, -0.05) is 13.8 Å². The molecule has 0 fully saturated rings. The summed E-state index contributed by atoms with van der Waals surface area (Å²) in [6.45, 7) is 6.11. The minimum Gasteiger partial charge on any atom is -0.295 e. The lowest BCUT2D eigenvalue weighted by atomic mass is 10.4. The van der Waals surface area contributed by atoms with Crippen LogP contribution in [0, 0.1) is 0 Å². The standard InChI is InChI=1S/C8H18N2O2/c1-4-6-10(5-2)7-8(11)9(3)12/h12H,4-7H2,1-3H3. The molecule has 12 heavy (non-hydrogen) atoms. The second kappa shape index (κ2) is 5.97. The van der Waals surface area contributed by atoms with Crippen molar-refractivity contribution in [3.8, 4) is 0 Å². The predicted octanol–water partition coefficient (Wildman–Crippen LogP) is 0.566. The monoisotopic (exact) mass is 174 g/mol. The third-order valence-electron chi connectivity index (χ3n) is 1.71. The molecule has 0 bridgehead atoms. The van der Waals surface area contributed by atoms with Crippen LogP contribution in [-0.4, -0.2) is 47.8 Å². The number of amides is 1. The summed E-state index contributed by atoms with van der Waals surface area (Å²) in [7, 11) is 1.35. The van der Waals surface area contributed by atoms with Gasteiger partial charge in [-0.3, -0.25) is 14.9 Å². The van der Waals surface area contributed by atoms with Gasteiger partial charge in [0, 0.05) is 7.05 Å². The molecule has 0 spiro atoms. The number of carbonyl (C=O) groups excluding carboxylic acids is 1. The molecular formula is C8H18N2O2.